The number of amides is 1. The van der Waals surface area contributed by atoms with E-state index >= 15 is 0 Å². The fraction of sp³-hybridized carbons (Fsp3) is 0.417. The maximum absolute atomic E-state index is 12.3. The summed E-state index contributed by atoms with van der Waals surface area (Å²) in [6.07, 6.45) is -3.15. The van der Waals surface area contributed by atoms with Gasteiger partial charge in [0, 0.05) is 16.4 Å². The van der Waals surface area contributed by atoms with E-state index in [1.165, 1.54) is 19.1 Å². The van der Waals surface area contributed by atoms with E-state index in [1.807, 2.05) is 0 Å². The molecule has 1 aromatic carbocycles. The van der Waals surface area contributed by atoms with E-state index in [1.54, 1.807) is 13.8 Å². The molecule has 112 valence electrons. The lowest BCUT2D eigenvalue weighted by molar-refractivity contribution is -0.126. The van der Waals surface area contributed by atoms with Crippen LogP contribution in [0.3, 0.4) is 0 Å². The highest BCUT2D eigenvalue weighted by molar-refractivity contribution is 8.13. The van der Waals surface area contributed by atoms with Gasteiger partial charge in [-0.1, -0.05) is 13.8 Å². The van der Waals surface area contributed by atoms with Crippen molar-refractivity contribution in [2.24, 2.45) is 0 Å². The van der Waals surface area contributed by atoms with Crippen molar-refractivity contribution in [3.8, 4) is 0 Å². The number of anilines is 1. The smallest absolute Gasteiger partial charge is 0.315 e. The molecule has 0 fully saturated rings. The third kappa shape index (κ3) is 3.89. The molecular weight excluding hydrogens is 312 g/mol. The molecule has 1 rings (SSSR count). The molecule has 8 heteroatoms. The van der Waals surface area contributed by atoms with Gasteiger partial charge >= 0.3 is 6.43 Å². The number of hydrogen-bond acceptors (Lipinski definition) is 3. The zero-order chi connectivity index (χ0) is 15.7. The summed E-state index contributed by atoms with van der Waals surface area (Å²) in [5.74, 6) is -1.61. The van der Waals surface area contributed by atoms with E-state index in [9.17, 15) is 22.0 Å². The summed E-state index contributed by atoms with van der Waals surface area (Å²) in [7, 11) is 1.35. The second-order valence-corrected chi connectivity index (χ2v) is 7.15. The van der Waals surface area contributed by atoms with Gasteiger partial charge in [-0.25, -0.2) is 8.42 Å². The van der Waals surface area contributed by atoms with Gasteiger partial charge in [-0.3, -0.25) is 4.79 Å². The lowest BCUT2D eigenvalue weighted by Crippen LogP contribution is -2.22. The fourth-order valence-electron chi connectivity index (χ4n) is 1.72. The Balaban J connectivity index is 3.42. The highest BCUT2D eigenvalue weighted by atomic mass is 35.7. The SMILES string of the molecule is Cc1cc(S(=O)(=O)Cl)cc(C(C)C)c1NC(=O)C(F)F. The summed E-state index contributed by atoms with van der Waals surface area (Å²) in [5.41, 5.74) is 0.969. The largest absolute Gasteiger partial charge is 0.321 e. The van der Waals surface area contributed by atoms with Crippen LogP contribution in [0.15, 0.2) is 17.0 Å². The van der Waals surface area contributed by atoms with Gasteiger partial charge in [0.1, 0.15) is 0 Å². The summed E-state index contributed by atoms with van der Waals surface area (Å²) in [6, 6.07) is 2.51. The molecule has 0 saturated heterocycles. The van der Waals surface area contributed by atoms with Crippen LogP contribution in [0.2, 0.25) is 0 Å². The fourth-order valence-corrected chi connectivity index (χ4v) is 2.58. The molecule has 1 N–H and O–H groups in total. The number of nitrogens with one attached hydrogen (secondary N) is 1. The average Bonchev–Trinajstić information content (AvgIpc) is 2.29. The maximum Gasteiger partial charge on any atom is 0.315 e. The molecule has 0 bridgehead atoms. The van der Waals surface area contributed by atoms with Gasteiger partial charge in [-0.05, 0) is 36.1 Å². The van der Waals surface area contributed by atoms with Crippen LogP contribution in [-0.4, -0.2) is 20.8 Å². The number of benzene rings is 1. The van der Waals surface area contributed by atoms with E-state index in [4.69, 9.17) is 10.7 Å². The lowest BCUT2D eigenvalue weighted by Gasteiger charge is -2.17. The monoisotopic (exact) mass is 325 g/mol. The second-order valence-electron chi connectivity index (χ2n) is 4.59. The number of aryl methyl sites for hydroxylation is 1. The van der Waals surface area contributed by atoms with Crippen LogP contribution in [-0.2, 0) is 13.8 Å². The Morgan fingerprint density at radius 2 is 1.85 bits per heavy atom. The predicted octanol–water partition coefficient (Wildman–Crippen LogP) is 3.25. The first-order valence-electron chi connectivity index (χ1n) is 5.72. The van der Waals surface area contributed by atoms with Crippen molar-refractivity contribution in [1.82, 2.24) is 0 Å². The summed E-state index contributed by atoms with van der Waals surface area (Å²) >= 11 is 0. The summed E-state index contributed by atoms with van der Waals surface area (Å²) < 4.78 is 47.4. The second kappa shape index (κ2) is 6.05. The number of alkyl halides is 2. The van der Waals surface area contributed by atoms with Crippen LogP contribution >= 0.6 is 10.7 Å². The molecular formula is C12H14ClF2NO3S. The first-order valence-corrected chi connectivity index (χ1v) is 8.03. The van der Waals surface area contributed by atoms with Crippen molar-refractivity contribution in [2.45, 2.75) is 38.0 Å². The van der Waals surface area contributed by atoms with Crippen molar-refractivity contribution in [3.63, 3.8) is 0 Å². The molecule has 20 heavy (non-hydrogen) atoms. The Morgan fingerprint density at radius 1 is 1.30 bits per heavy atom. The molecule has 0 aliphatic carbocycles. The Morgan fingerprint density at radius 3 is 2.25 bits per heavy atom. The minimum absolute atomic E-state index is 0.129. The number of hydrogen-bond donors (Lipinski definition) is 1. The maximum atomic E-state index is 12.3. The molecule has 0 aliphatic heterocycles. The molecule has 0 aliphatic rings. The summed E-state index contributed by atoms with van der Waals surface area (Å²) in [6.45, 7) is 5.01. The molecule has 0 heterocycles. The van der Waals surface area contributed by atoms with E-state index in [2.05, 4.69) is 5.32 Å². The van der Waals surface area contributed by atoms with Gasteiger partial charge in [0.15, 0.2) is 0 Å². The number of carbonyl (C=O) groups is 1. The highest BCUT2D eigenvalue weighted by Gasteiger charge is 2.21. The van der Waals surface area contributed by atoms with E-state index in [0.717, 1.165) is 0 Å². The predicted molar refractivity (Wildman–Crippen MR) is 72.9 cm³/mol. The Labute approximate surface area is 120 Å². The van der Waals surface area contributed by atoms with E-state index < -0.39 is 21.4 Å². The third-order valence-electron chi connectivity index (χ3n) is 2.69. The minimum Gasteiger partial charge on any atom is -0.321 e. The first kappa shape index (κ1) is 16.8. The molecule has 0 atom stereocenters. The van der Waals surface area contributed by atoms with Crippen molar-refractivity contribution >= 4 is 31.3 Å². The molecule has 1 amide bonds. The zero-order valence-corrected chi connectivity index (χ0v) is 12.6. The normalized spacial score (nSPS) is 12.0. The number of rotatable bonds is 4. The van der Waals surface area contributed by atoms with Crippen molar-refractivity contribution < 1.29 is 22.0 Å². The van der Waals surface area contributed by atoms with Crippen LogP contribution in [0.25, 0.3) is 0 Å². The number of halogens is 3. The summed E-state index contributed by atoms with van der Waals surface area (Å²) in [4.78, 5) is 11.0. The minimum atomic E-state index is -3.93. The van der Waals surface area contributed by atoms with E-state index in [-0.39, 0.29) is 16.5 Å². The van der Waals surface area contributed by atoms with Gasteiger partial charge in [0.05, 0.1) is 4.90 Å². The Bertz CT molecular complexity index is 630. The quantitative estimate of drug-likeness (QED) is 0.864. The van der Waals surface area contributed by atoms with Gasteiger partial charge in [0.2, 0.25) is 0 Å². The summed E-state index contributed by atoms with van der Waals surface area (Å²) in [5, 5.41) is 2.11. The molecule has 0 saturated carbocycles. The van der Waals surface area contributed by atoms with Crippen LogP contribution in [0.4, 0.5) is 14.5 Å². The van der Waals surface area contributed by atoms with Gasteiger partial charge in [-0.2, -0.15) is 8.78 Å². The zero-order valence-electron chi connectivity index (χ0n) is 11.1. The Hall–Kier alpha value is -1.21. The van der Waals surface area contributed by atoms with Crippen molar-refractivity contribution in [3.05, 3.63) is 23.3 Å². The molecule has 0 unspecified atom stereocenters. The molecule has 0 spiro atoms. The standard InChI is InChI=1S/C12H14ClF2NO3S/c1-6(2)9-5-8(20(13,18)19)4-7(3)10(9)16-12(17)11(14)15/h4-6,11H,1-3H3,(H,16,17). The first-order chi connectivity index (χ1) is 9.04. The number of carbonyl (C=O) groups excluding carboxylic acids is 1. The van der Waals surface area contributed by atoms with Crippen molar-refractivity contribution in [1.29, 1.82) is 0 Å². The lowest BCUT2D eigenvalue weighted by atomic mass is 9.98. The topological polar surface area (TPSA) is 63.2 Å². The third-order valence-corrected chi connectivity index (χ3v) is 4.02. The molecule has 0 radical (unpaired) electrons. The van der Waals surface area contributed by atoms with Crippen LogP contribution in [0.1, 0.15) is 30.9 Å². The van der Waals surface area contributed by atoms with Gasteiger partial charge in [-0.15, -0.1) is 0 Å². The van der Waals surface area contributed by atoms with Crippen molar-refractivity contribution in [2.75, 3.05) is 5.32 Å². The molecule has 4 nitrogen and oxygen atoms in total. The van der Waals surface area contributed by atoms with Crippen LogP contribution in [0.5, 0.6) is 0 Å². The van der Waals surface area contributed by atoms with Crippen LogP contribution < -0.4 is 5.32 Å². The Kier molecular flexibility index (Phi) is 5.10. The van der Waals surface area contributed by atoms with Crippen LogP contribution in [0, 0.1) is 6.92 Å². The highest BCUT2D eigenvalue weighted by Crippen LogP contribution is 2.32. The molecule has 0 aromatic heterocycles. The van der Waals surface area contributed by atoms with E-state index in [0.29, 0.717) is 11.1 Å². The molecule has 1 aromatic rings. The van der Waals surface area contributed by atoms with Gasteiger partial charge in [0.25, 0.3) is 15.0 Å². The van der Waals surface area contributed by atoms with Gasteiger partial charge < -0.3 is 5.32 Å². The average molecular weight is 326 g/mol.